The average molecular weight is 239 g/mol. The molecular formula is C12H18FN3O. The zero-order valence-corrected chi connectivity index (χ0v) is 9.95. The second-order valence-electron chi connectivity index (χ2n) is 4.04. The molecule has 4 nitrogen and oxygen atoms in total. The number of carbonyl (C=O) groups is 1. The zero-order chi connectivity index (χ0) is 12.7. The van der Waals surface area contributed by atoms with Crippen molar-refractivity contribution in [1.82, 2.24) is 10.3 Å². The molecule has 5 heteroatoms. The fraction of sp³-hybridized carbons (Fsp3) is 0.417. The Hall–Kier alpha value is -1.46. The molecule has 3 N–H and O–H groups in total. The summed E-state index contributed by atoms with van der Waals surface area (Å²) in [6, 6.07) is 6.42. The lowest BCUT2D eigenvalue weighted by molar-refractivity contribution is -0.121. The maximum atomic E-state index is 12.7. The van der Waals surface area contributed by atoms with Gasteiger partial charge in [0.25, 0.3) is 0 Å². The lowest BCUT2D eigenvalue weighted by Crippen LogP contribution is -2.30. The van der Waals surface area contributed by atoms with Crippen molar-refractivity contribution in [2.24, 2.45) is 5.84 Å². The number of nitrogens with two attached hydrogens (primary N) is 1. The smallest absolute Gasteiger partial charge is 0.233 e. The van der Waals surface area contributed by atoms with Crippen molar-refractivity contribution in [1.29, 1.82) is 0 Å². The van der Waals surface area contributed by atoms with Gasteiger partial charge in [-0.3, -0.25) is 10.2 Å². The first-order valence-corrected chi connectivity index (χ1v) is 5.54. The molecule has 0 fully saturated rings. The van der Waals surface area contributed by atoms with E-state index in [2.05, 4.69) is 10.3 Å². The highest BCUT2D eigenvalue weighted by Crippen LogP contribution is 2.06. The van der Waals surface area contributed by atoms with E-state index in [1.165, 1.54) is 12.1 Å². The summed E-state index contributed by atoms with van der Waals surface area (Å²) in [5, 5.41) is 0. The highest BCUT2D eigenvalue weighted by atomic mass is 19.1. The molecule has 0 saturated carbocycles. The van der Waals surface area contributed by atoms with E-state index in [0.29, 0.717) is 6.42 Å². The van der Waals surface area contributed by atoms with Crippen LogP contribution in [0, 0.1) is 5.82 Å². The molecule has 94 valence electrons. The number of nitrogens with zero attached hydrogens (tertiary/aromatic N) is 1. The van der Waals surface area contributed by atoms with Gasteiger partial charge in [-0.1, -0.05) is 12.1 Å². The number of nitrogens with one attached hydrogen (secondary N) is 1. The van der Waals surface area contributed by atoms with Gasteiger partial charge in [-0.15, -0.1) is 0 Å². The van der Waals surface area contributed by atoms with Crippen LogP contribution < -0.4 is 11.3 Å². The molecule has 1 aromatic rings. The van der Waals surface area contributed by atoms with Crippen LogP contribution in [-0.2, 0) is 11.3 Å². The van der Waals surface area contributed by atoms with E-state index in [1.54, 1.807) is 12.1 Å². The maximum Gasteiger partial charge on any atom is 0.233 e. The number of rotatable bonds is 6. The zero-order valence-electron chi connectivity index (χ0n) is 9.95. The highest BCUT2D eigenvalue weighted by molar-refractivity contribution is 5.75. The first-order valence-electron chi connectivity index (χ1n) is 5.54. The summed E-state index contributed by atoms with van der Waals surface area (Å²) >= 11 is 0. The van der Waals surface area contributed by atoms with Crippen molar-refractivity contribution >= 4 is 5.91 Å². The highest BCUT2D eigenvalue weighted by Gasteiger charge is 2.03. The number of hydrogen-bond donors (Lipinski definition) is 2. The van der Waals surface area contributed by atoms with E-state index in [-0.39, 0.29) is 11.7 Å². The Morgan fingerprint density at radius 1 is 1.41 bits per heavy atom. The molecule has 0 unspecified atom stereocenters. The Morgan fingerprint density at radius 2 is 2.06 bits per heavy atom. The number of halogens is 1. The third kappa shape index (κ3) is 5.42. The molecule has 1 amide bonds. The van der Waals surface area contributed by atoms with Crippen molar-refractivity contribution < 1.29 is 9.18 Å². The predicted molar refractivity (Wildman–Crippen MR) is 64.3 cm³/mol. The van der Waals surface area contributed by atoms with Crippen LogP contribution in [0.1, 0.15) is 18.4 Å². The van der Waals surface area contributed by atoms with Crippen molar-refractivity contribution in [2.45, 2.75) is 19.4 Å². The summed E-state index contributed by atoms with van der Waals surface area (Å²) in [4.78, 5) is 13.0. The predicted octanol–water partition coefficient (Wildman–Crippen LogP) is 1.03. The molecule has 0 aliphatic carbocycles. The van der Waals surface area contributed by atoms with E-state index in [0.717, 1.165) is 25.1 Å². The first kappa shape index (κ1) is 13.6. The molecule has 1 aromatic carbocycles. The molecule has 0 heterocycles. The minimum absolute atomic E-state index is 0.153. The van der Waals surface area contributed by atoms with Crippen LogP contribution in [0.2, 0.25) is 0 Å². The Kier molecular flexibility index (Phi) is 5.59. The van der Waals surface area contributed by atoms with Crippen LogP contribution in [0.5, 0.6) is 0 Å². The van der Waals surface area contributed by atoms with Gasteiger partial charge in [0.05, 0.1) is 0 Å². The molecular weight excluding hydrogens is 221 g/mol. The second-order valence-corrected chi connectivity index (χ2v) is 4.04. The van der Waals surface area contributed by atoms with E-state index in [9.17, 15) is 9.18 Å². The van der Waals surface area contributed by atoms with E-state index in [1.807, 2.05) is 7.05 Å². The normalized spacial score (nSPS) is 10.6. The Morgan fingerprint density at radius 3 is 2.65 bits per heavy atom. The summed E-state index contributed by atoms with van der Waals surface area (Å²) in [7, 11) is 1.96. The molecule has 17 heavy (non-hydrogen) atoms. The van der Waals surface area contributed by atoms with Crippen LogP contribution >= 0.6 is 0 Å². The van der Waals surface area contributed by atoms with Gasteiger partial charge >= 0.3 is 0 Å². The number of amides is 1. The van der Waals surface area contributed by atoms with Gasteiger partial charge in [-0.2, -0.15) is 0 Å². The number of benzene rings is 1. The lowest BCUT2D eigenvalue weighted by atomic mass is 10.2. The molecule has 0 aliphatic heterocycles. The third-order valence-corrected chi connectivity index (χ3v) is 2.47. The Bertz CT molecular complexity index is 353. The van der Waals surface area contributed by atoms with E-state index in [4.69, 9.17) is 5.84 Å². The van der Waals surface area contributed by atoms with Gasteiger partial charge in [0.1, 0.15) is 5.82 Å². The van der Waals surface area contributed by atoms with Crippen molar-refractivity contribution in [2.75, 3.05) is 13.6 Å². The molecule has 0 saturated heterocycles. The fourth-order valence-electron chi connectivity index (χ4n) is 1.56. The summed E-state index contributed by atoms with van der Waals surface area (Å²) < 4.78 is 12.7. The molecule has 0 atom stereocenters. The summed E-state index contributed by atoms with van der Waals surface area (Å²) in [5.74, 6) is 4.60. The van der Waals surface area contributed by atoms with E-state index >= 15 is 0 Å². The molecule has 0 spiro atoms. The minimum Gasteiger partial charge on any atom is -0.302 e. The summed E-state index contributed by atoms with van der Waals surface area (Å²) in [6.07, 6.45) is 1.17. The topological polar surface area (TPSA) is 58.4 Å². The van der Waals surface area contributed by atoms with Gasteiger partial charge in [0.15, 0.2) is 0 Å². The average Bonchev–Trinajstić information content (AvgIpc) is 2.32. The number of hydrogen-bond acceptors (Lipinski definition) is 3. The third-order valence-electron chi connectivity index (χ3n) is 2.47. The fourth-order valence-corrected chi connectivity index (χ4v) is 1.56. The van der Waals surface area contributed by atoms with Crippen molar-refractivity contribution in [3.05, 3.63) is 35.6 Å². The SMILES string of the molecule is CN(CCCC(=O)NN)Cc1ccc(F)cc1. The monoisotopic (exact) mass is 239 g/mol. The molecule has 0 aliphatic rings. The largest absolute Gasteiger partial charge is 0.302 e. The van der Waals surface area contributed by atoms with Crippen LogP contribution in [0.3, 0.4) is 0 Å². The van der Waals surface area contributed by atoms with Crippen LogP contribution in [0.4, 0.5) is 4.39 Å². The van der Waals surface area contributed by atoms with Crippen LogP contribution in [-0.4, -0.2) is 24.4 Å². The lowest BCUT2D eigenvalue weighted by Gasteiger charge is -2.16. The summed E-state index contributed by atoms with van der Waals surface area (Å²) in [5.41, 5.74) is 3.15. The van der Waals surface area contributed by atoms with Gasteiger partial charge in [-0.25, -0.2) is 10.2 Å². The van der Waals surface area contributed by atoms with E-state index < -0.39 is 0 Å². The molecule has 0 radical (unpaired) electrons. The second kappa shape index (κ2) is 6.98. The number of carbonyl (C=O) groups excluding carboxylic acids is 1. The summed E-state index contributed by atoms with van der Waals surface area (Å²) in [6.45, 7) is 1.54. The minimum atomic E-state index is -0.226. The quantitative estimate of drug-likeness (QED) is 0.443. The first-order chi connectivity index (χ1) is 8.11. The molecule has 0 aromatic heterocycles. The number of hydrazine groups is 1. The van der Waals surface area contributed by atoms with Gasteiger partial charge in [-0.05, 0) is 37.7 Å². The van der Waals surface area contributed by atoms with Gasteiger partial charge in [0, 0.05) is 13.0 Å². The van der Waals surface area contributed by atoms with Crippen LogP contribution in [0.15, 0.2) is 24.3 Å². The molecule has 0 bridgehead atoms. The van der Waals surface area contributed by atoms with Crippen molar-refractivity contribution in [3.8, 4) is 0 Å². The Balaban J connectivity index is 2.27. The molecule has 1 rings (SSSR count). The Labute approximate surface area is 101 Å². The maximum absolute atomic E-state index is 12.7. The van der Waals surface area contributed by atoms with Gasteiger partial charge < -0.3 is 4.90 Å². The standard InChI is InChI=1S/C12H18FN3O/c1-16(8-2-3-12(17)15-14)9-10-4-6-11(13)7-5-10/h4-7H,2-3,8-9,14H2,1H3,(H,15,17). The van der Waals surface area contributed by atoms with Gasteiger partial charge in [0.2, 0.25) is 5.91 Å². The van der Waals surface area contributed by atoms with Crippen LogP contribution in [0.25, 0.3) is 0 Å². The van der Waals surface area contributed by atoms with Crippen molar-refractivity contribution in [3.63, 3.8) is 0 Å².